The molecule has 0 saturated carbocycles. The van der Waals surface area contributed by atoms with E-state index in [4.69, 9.17) is 9.47 Å². The Balaban J connectivity index is 1.56. The van der Waals surface area contributed by atoms with E-state index in [1.165, 1.54) is 51.4 Å². The molecule has 48 heavy (non-hydrogen) atoms. The highest BCUT2D eigenvalue weighted by atomic mass is 16.5. The van der Waals surface area contributed by atoms with Gasteiger partial charge >= 0.3 is 0 Å². The molecule has 0 spiro atoms. The molecule has 0 aromatic heterocycles. The molecule has 2 heterocycles. The Morgan fingerprint density at radius 3 is 1.21 bits per heavy atom. The summed E-state index contributed by atoms with van der Waals surface area (Å²) in [6, 6.07) is 15.6. The number of quaternary nitrogens is 2. The average molecular weight is 663 g/mol. The summed E-state index contributed by atoms with van der Waals surface area (Å²) in [4.78, 5) is 28.7. The maximum Gasteiger partial charge on any atom is 0.171 e. The van der Waals surface area contributed by atoms with Crippen LogP contribution in [0.25, 0.3) is 0 Å². The molecule has 2 aliphatic heterocycles. The van der Waals surface area contributed by atoms with Gasteiger partial charge < -0.3 is 18.4 Å². The standard InChI is InChI=1S/C42H66N2O4/c1-5-7-31-47-39-23-19-35(20-24-39)41(45)37(33-43(3)27-13-9-10-14-28-43)17-18-38(34-44(4)29-15-11-12-16-30-44)42(46)36-21-25-40(26-22-36)48-32-8-6-2/h19-26,37-38H,5-18,27-34H2,1-4H3/q+2/t37-,38+. The van der Waals surface area contributed by atoms with Crippen LogP contribution in [-0.2, 0) is 0 Å². The molecule has 0 amide bonds. The summed E-state index contributed by atoms with van der Waals surface area (Å²) in [5.74, 6) is 1.83. The molecule has 4 rings (SSSR count). The first kappa shape index (κ1) is 38.1. The molecule has 2 aliphatic rings. The zero-order valence-corrected chi connectivity index (χ0v) is 30.9. The van der Waals surface area contributed by atoms with E-state index in [1.54, 1.807) is 0 Å². The quantitative estimate of drug-likeness (QED) is 0.0855. The molecule has 266 valence electrons. The predicted octanol–water partition coefficient (Wildman–Crippen LogP) is 9.16. The number of carbonyl (C=O) groups excluding carboxylic acids is 2. The minimum absolute atomic E-state index is 0.126. The van der Waals surface area contributed by atoms with E-state index < -0.39 is 0 Å². The third kappa shape index (κ3) is 12.0. The molecular weight excluding hydrogens is 596 g/mol. The van der Waals surface area contributed by atoms with Gasteiger partial charge in [-0.15, -0.1) is 0 Å². The highest BCUT2D eigenvalue weighted by molar-refractivity contribution is 5.99. The molecule has 2 saturated heterocycles. The topological polar surface area (TPSA) is 52.6 Å². The van der Waals surface area contributed by atoms with E-state index in [0.717, 1.165) is 109 Å². The third-order valence-corrected chi connectivity index (χ3v) is 11.0. The number of carbonyl (C=O) groups is 2. The predicted molar refractivity (Wildman–Crippen MR) is 197 cm³/mol. The summed E-state index contributed by atoms with van der Waals surface area (Å²) in [6.45, 7) is 11.9. The Morgan fingerprint density at radius 1 is 0.562 bits per heavy atom. The van der Waals surface area contributed by atoms with Gasteiger partial charge in [0.2, 0.25) is 0 Å². The lowest BCUT2D eigenvalue weighted by atomic mass is 9.85. The minimum atomic E-state index is -0.126. The van der Waals surface area contributed by atoms with Gasteiger partial charge in [0.1, 0.15) is 11.5 Å². The van der Waals surface area contributed by atoms with E-state index in [1.807, 2.05) is 48.5 Å². The molecule has 2 fully saturated rings. The number of unbranched alkanes of at least 4 members (excludes halogenated alkanes) is 2. The lowest BCUT2D eigenvalue weighted by Crippen LogP contribution is -2.50. The van der Waals surface area contributed by atoms with Crippen molar-refractivity contribution in [3.63, 3.8) is 0 Å². The molecule has 0 radical (unpaired) electrons. The van der Waals surface area contributed by atoms with Gasteiger partial charge in [-0.3, -0.25) is 9.59 Å². The number of Topliss-reactive ketones (excluding diaryl/α,β-unsaturated/α-hetero) is 2. The maximum atomic E-state index is 14.4. The van der Waals surface area contributed by atoms with Crippen molar-refractivity contribution >= 4 is 11.6 Å². The van der Waals surface area contributed by atoms with Gasteiger partial charge in [0, 0.05) is 11.1 Å². The van der Waals surface area contributed by atoms with Crippen molar-refractivity contribution < 1.29 is 28.0 Å². The number of ether oxygens (including phenoxy) is 2. The van der Waals surface area contributed by atoms with Crippen LogP contribution in [0.4, 0.5) is 0 Å². The van der Waals surface area contributed by atoms with E-state index >= 15 is 0 Å². The van der Waals surface area contributed by atoms with Crippen LogP contribution in [0.15, 0.2) is 48.5 Å². The highest BCUT2D eigenvalue weighted by Crippen LogP contribution is 2.29. The van der Waals surface area contributed by atoms with Crippen molar-refractivity contribution in [1.29, 1.82) is 0 Å². The van der Waals surface area contributed by atoms with Crippen LogP contribution in [0, 0.1) is 11.8 Å². The zero-order chi connectivity index (χ0) is 34.2. The number of ketones is 2. The smallest absolute Gasteiger partial charge is 0.171 e. The van der Waals surface area contributed by atoms with Crippen molar-refractivity contribution in [2.45, 2.75) is 104 Å². The van der Waals surface area contributed by atoms with Gasteiger partial charge in [-0.2, -0.15) is 0 Å². The number of rotatable bonds is 19. The van der Waals surface area contributed by atoms with Gasteiger partial charge in [-0.1, -0.05) is 26.7 Å². The number of likely N-dealkylation sites (tertiary alicyclic amines) is 2. The van der Waals surface area contributed by atoms with Crippen molar-refractivity contribution in [3.8, 4) is 11.5 Å². The molecule has 2 aromatic carbocycles. The minimum Gasteiger partial charge on any atom is -0.494 e. The van der Waals surface area contributed by atoms with Crippen LogP contribution in [0.2, 0.25) is 0 Å². The highest BCUT2D eigenvalue weighted by Gasteiger charge is 2.36. The van der Waals surface area contributed by atoms with Crippen molar-refractivity contribution in [1.82, 2.24) is 0 Å². The van der Waals surface area contributed by atoms with Crippen LogP contribution in [0.3, 0.4) is 0 Å². The fourth-order valence-corrected chi connectivity index (χ4v) is 7.92. The van der Waals surface area contributed by atoms with Crippen molar-refractivity contribution in [2.75, 3.05) is 66.6 Å². The van der Waals surface area contributed by atoms with Crippen LogP contribution in [-0.4, -0.2) is 87.1 Å². The lowest BCUT2D eigenvalue weighted by Gasteiger charge is -2.38. The monoisotopic (exact) mass is 663 g/mol. The summed E-state index contributed by atoms with van der Waals surface area (Å²) in [6.07, 6.45) is 15.7. The summed E-state index contributed by atoms with van der Waals surface area (Å²) in [7, 11) is 4.71. The van der Waals surface area contributed by atoms with Gasteiger partial charge in [-0.05, 0) is 126 Å². The van der Waals surface area contributed by atoms with Gasteiger partial charge in [0.15, 0.2) is 11.6 Å². The summed E-state index contributed by atoms with van der Waals surface area (Å²) in [5, 5.41) is 0. The lowest BCUT2D eigenvalue weighted by molar-refractivity contribution is -0.911. The van der Waals surface area contributed by atoms with E-state index in [9.17, 15) is 9.59 Å². The molecule has 6 heteroatoms. The Kier molecular flexibility index (Phi) is 15.5. The molecule has 2 aromatic rings. The number of nitrogens with zero attached hydrogens (tertiary/aromatic N) is 2. The fraction of sp³-hybridized carbons (Fsp3) is 0.667. The van der Waals surface area contributed by atoms with E-state index in [-0.39, 0.29) is 23.4 Å². The largest absolute Gasteiger partial charge is 0.494 e. The molecule has 0 N–H and O–H groups in total. The Bertz CT molecular complexity index is 1130. The van der Waals surface area contributed by atoms with E-state index in [2.05, 4.69) is 27.9 Å². The maximum absolute atomic E-state index is 14.4. The average Bonchev–Trinajstić information content (AvgIpc) is 3.45. The van der Waals surface area contributed by atoms with Crippen LogP contribution in [0.5, 0.6) is 11.5 Å². The molecule has 0 bridgehead atoms. The first-order chi connectivity index (χ1) is 23.2. The van der Waals surface area contributed by atoms with Crippen LogP contribution >= 0.6 is 0 Å². The summed E-state index contributed by atoms with van der Waals surface area (Å²) in [5.41, 5.74) is 1.52. The summed E-state index contributed by atoms with van der Waals surface area (Å²) >= 11 is 0. The second-order valence-electron chi connectivity index (χ2n) is 15.5. The first-order valence-corrected chi connectivity index (χ1v) is 19.5. The van der Waals surface area contributed by atoms with Crippen molar-refractivity contribution in [3.05, 3.63) is 59.7 Å². The number of hydrogen-bond acceptors (Lipinski definition) is 4. The Hall–Kier alpha value is -2.70. The Morgan fingerprint density at radius 2 is 0.896 bits per heavy atom. The second kappa shape index (κ2) is 19.5. The van der Waals surface area contributed by atoms with Gasteiger partial charge in [0.25, 0.3) is 0 Å². The van der Waals surface area contributed by atoms with E-state index in [0.29, 0.717) is 13.2 Å². The molecule has 0 aliphatic carbocycles. The molecule has 0 unspecified atom stereocenters. The zero-order valence-electron chi connectivity index (χ0n) is 30.9. The van der Waals surface area contributed by atoms with Crippen molar-refractivity contribution in [2.24, 2.45) is 11.8 Å². The van der Waals surface area contributed by atoms with Gasteiger partial charge in [0.05, 0.1) is 78.4 Å². The summed E-state index contributed by atoms with van der Waals surface area (Å²) < 4.78 is 13.7. The van der Waals surface area contributed by atoms with Gasteiger partial charge in [-0.25, -0.2) is 0 Å². The van der Waals surface area contributed by atoms with Crippen LogP contribution in [0.1, 0.15) is 124 Å². The molecular formula is C42H66N2O4+2. The number of hydrogen-bond donors (Lipinski definition) is 0. The van der Waals surface area contributed by atoms with Crippen LogP contribution < -0.4 is 9.47 Å². The SMILES string of the molecule is CCCCOc1ccc(C(=O)[C@H](CC[C@@H](C[N+]2(C)CCCCCC2)C(=O)c2ccc(OCCCC)cc2)C[N+]2(C)CCCCCC2)cc1. The first-order valence-electron chi connectivity index (χ1n) is 19.5. The normalized spacial score (nSPS) is 19.0. The molecule has 2 atom stereocenters. The Labute approximate surface area is 292 Å². The fourth-order valence-electron chi connectivity index (χ4n) is 7.92. The second-order valence-corrected chi connectivity index (χ2v) is 15.5. The molecule has 6 nitrogen and oxygen atoms in total. The number of benzene rings is 2. The third-order valence-electron chi connectivity index (χ3n) is 11.0.